The highest BCUT2D eigenvalue weighted by Gasteiger charge is 2.24. The van der Waals surface area contributed by atoms with Gasteiger partial charge in [-0.05, 0) is 43.0 Å². The summed E-state index contributed by atoms with van der Waals surface area (Å²) in [7, 11) is -3.83. The van der Waals surface area contributed by atoms with Crippen molar-refractivity contribution < 1.29 is 13.2 Å². The van der Waals surface area contributed by atoms with Crippen molar-refractivity contribution in [3.63, 3.8) is 0 Å². The Balaban J connectivity index is 1.52. The Hall–Kier alpha value is -3.13. The van der Waals surface area contributed by atoms with Crippen molar-refractivity contribution in [2.45, 2.75) is 37.2 Å². The Morgan fingerprint density at radius 1 is 1.17 bits per heavy atom. The SMILES string of the molecule is Cc1ccc(C(=O)NC2CC2)cc1NS(=O)(=O)c1cnn(Cc2ccccc2)c1. The number of aryl methyl sites for hydroxylation is 1. The van der Waals surface area contributed by atoms with Crippen LogP contribution in [0, 0.1) is 6.92 Å². The van der Waals surface area contributed by atoms with Gasteiger partial charge in [0.2, 0.25) is 0 Å². The Bertz CT molecular complexity index is 1140. The van der Waals surface area contributed by atoms with Gasteiger partial charge < -0.3 is 5.32 Å². The molecule has 0 radical (unpaired) electrons. The van der Waals surface area contributed by atoms with E-state index in [1.54, 1.807) is 29.8 Å². The summed E-state index contributed by atoms with van der Waals surface area (Å²) in [6.45, 7) is 2.27. The number of anilines is 1. The smallest absolute Gasteiger partial charge is 0.265 e. The normalized spacial score (nSPS) is 13.8. The lowest BCUT2D eigenvalue weighted by molar-refractivity contribution is 0.0951. The van der Waals surface area contributed by atoms with E-state index < -0.39 is 10.0 Å². The summed E-state index contributed by atoms with van der Waals surface area (Å²) in [5.41, 5.74) is 2.56. The maximum Gasteiger partial charge on any atom is 0.265 e. The van der Waals surface area contributed by atoms with Gasteiger partial charge in [0.1, 0.15) is 4.90 Å². The van der Waals surface area contributed by atoms with Gasteiger partial charge in [-0.3, -0.25) is 14.2 Å². The van der Waals surface area contributed by atoms with E-state index in [9.17, 15) is 13.2 Å². The number of nitrogens with one attached hydrogen (secondary N) is 2. The Morgan fingerprint density at radius 2 is 1.93 bits per heavy atom. The Kier molecular flexibility index (Phi) is 5.10. The van der Waals surface area contributed by atoms with Crippen molar-refractivity contribution in [3.8, 4) is 0 Å². The first-order chi connectivity index (χ1) is 13.9. The van der Waals surface area contributed by atoms with E-state index in [2.05, 4.69) is 15.1 Å². The first-order valence-corrected chi connectivity index (χ1v) is 10.9. The summed E-state index contributed by atoms with van der Waals surface area (Å²) in [5.74, 6) is -0.191. The molecule has 0 unspecified atom stereocenters. The summed E-state index contributed by atoms with van der Waals surface area (Å²) in [5, 5.41) is 7.07. The molecule has 0 spiro atoms. The van der Waals surface area contributed by atoms with Gasteiger partial charge in [-0.2, -0.15) is 5.10 Å². The van der Waals surface area contributed by atoms with Crippen LogP contribution in [-0.2, 0) is 16.6 Å². The maximum atomic E-state index is 12.8. The zero-order valence-corrected chi connectivity index (χ0v) is 16.8. The van der Waals surface area contributed by atoms with Gasteiger partial charge in [-0.25, -0.2) is 8.42 Å². The van der Waals surface area contributed by atoms with Crippen molar-refractivity contribution in [2.75, 3.05) is 4.72 Å². The monoisotopic (exact) mass is 410 g/mol. The number of amides is 1. The van der Waals surface area contributed by atoms with Crippen LogP contribution in [0.15, 0.2) is 65.8 Å². The third-order valence-corrected chi connectivity index (χ3v) is 6.08. The summed E-state index contributed by atoms with van der Waals surface area (Å²) >= 11 is 0. The Labute approximate surface area is 169 Å². The first-order valence-electron chi connectivity index (χ1n) is 9.41. The average molecular weight is 410 g/mol. The van der Waals surface area contributed by atoms with E-state index >= 15 is 0 Å². The standard InChI is InChI=1S/C21H22N4O3S/c1-15-7-8-17(21(26)23-18-9-10-18)11-20(15)24-29(27,28)19-12-22-25(14-19)13-16-5-3-2-4-6-16/h2-8,11-12,14,18,24H,9-10,13H2,1H3,(H,23,26). The molecule has 2 aromatic carbocycles. The average Bonchev–Trinajstić information content (AvgIpc) is 3.38. The zero-order valence-electron chi connectivity index (χ0n) is 16.0. The molecule has 0 saturated heterocycles. The van der Waals surface area contributed by atoms with Gasteiger partial charge in [0.05, 0.1) is 18.4 Å². The molecule has 7 nitrogen and oxygen atoms in total. The second kappa shape index (κ2) is 7.71. The van der Waals surface area contributed by atoms with Gasteiger partial charge in [-0.1, -0.05) is 36.4 Å². The van der Waals surface area contributed by atoms with E-state index in [1.807, 2.05) is 30.3 Å². The summed E-state index contributed by atoms with van der Waals surface area (Å²) in [6.07, 6.45) is 4.80. The Morgan fingerprint density at radius 3 is 2.66 bits per heavy atom. The van der Waals surface area contributed by atoms with Gasteiger partial charge in [0, 0.05) is 17.8 Å². The number of rotatable bonds is 7. The molecule has 8 heteroatoms. The van der Waals surface area contributed by atoms with Crippen LogP contribution >= 0.6 is 0 Å². The second-order valence-corrected chi connectivity index (χ2v) is 8.92. The van der Waals surface area contributed by atoms with Crippen molar-refractivity contribution >= 4 is 21.6 Å². The maximum absolute atomic E-state index is 12.8. The lowest BCUT2D eigenvalue weighted by Gasteiger charge is -2.11. The first kappa shape index (κ1) is 19.2. The van der Waals surface area contributed by atoms with E-state index in [4.69, 9.17) is 0 Å². The predicted molar refractivity (Wildman–Crippen MR) is 110 cm³/mol. The fourth-order valence-electron chi connectivity index (χ4n) is 2.91. The molecule has 2 N–H and O–H groups in total. The van der Waals surface area contributed by atoms with Crippen LogP contribution in [0.5, 0.6) is 0 Å². The number of sulfonamides is 1. The van der Waals surface area contributed by atoms with E-state index in [-0.39, 0.29) is 16.8 Å². The lowest BCUT2D eigenvalue weighted by Crippen LogP contribution is -2.25. The molecule has 150 valence electrons. The third-order valence-electron chi connectivity index (χ3n) is 4.76. The molecule has 1 aliphatic carbocycles. The van der Waals surface area contributed by atoms with Gasteiger partial charge >= 0.3 is 0 Å². The highest BCUT2D eigenvalue weighted by molar-refractivity contribution is 7.92. The van der Waals surface area contributed by atoms with Crippen molar-refractivity contribution in [3.05, 3.63) is 77.6 Å². The molecule has 29 heavy (non-hydrogen) atoms. The highest BCUT2D eigenvalue weighted by Crippen LogP contribution is 2.23. The number of carbonyl (C=O) groups excluding carboxylic acids is 1. The molecule has 1 fully saturated rings. The summed E-state index contributed by atoms with van der Waals surface area (Å²) < 4.78 is 29.8. The number of hydrogen-bond acceptors (Lipinski definition) is 4. The molecule has 1 aromatic heterocycles. The van der Waals surface area contributed by atoms with Crippen LogP contribution in [0.3, 0.4) is 0 Å². The number of benzene rings is 2. The van der Waals surface area contributed by atoms with Crippen LogP contribution in [0.1, 0.15) is 34.3 Å². The van der Waals surface area contributed by atoms with E-state index in [0.29, 0.717) is 17.8 Å². The van der Waals surface area contributed by atoms with Crippen LogP contribution in [0.2, 0.25) is 0 Å². The molecule has 1 saturated carbocycles. The van der Waals surface area contributed by atoms with Crippen molar-refractivity contribution in [2.24, 2.45) is 0 Å². The quantitative estimate of drug-likeness (QED) is 0.626. The van der Waals surface area contributed by atoms with E-state index in [1.165, 1.54) is 12.4 Å². The number of nitrogens with zero attached hydrogens (tertiary/aromatic N) is 2. The summed E-state index contributed by atoms with van der Waals surface area (Å²) in [6, 6.07) is 14.9. The molecular formula is C21H22N4O3S. The van der Waals surface area contributed by atoms with Crippen LogP contribution in [-0.4, -0.2) is 30.1 Å². The molecule has 0 atom stereocenters. The molecule has 0 bridgehead atoms. The zero-order chi connectivity index (χ0) is 20.4. The van der Waals surface area contributed by atoms with Gasteiger partial charge in [0.15, 0.2) is 0 Å². The van der Waals surface area contributed by atoms with Crippen LogP contribution < -0.4 is 10.0 Å². The topological polar surface area (TPSA) is 93.1 Å². The highest BCUT2D eigenvalue weighted by atomic mass is 32.2. The number of hydrogen-bond donors (Lipinski definition) is 2. The largest absolute Gasteiger partial charge is 0.349 e. The predicted octanol–water partition coefficient (Wildman–Crippen LogP) is 2.93. The molecule has 3 aromatic rings. The summed E-state index contributed by atoms with van der Waals surface area (Å²) in [4.78, 5) is 12.3. The minimum atomic E-state index is -3.83. The van der Waals surface area contributed by atoms with E-state index in [0.717, 1.165) is 24.0 Å². The third kappa shape index (κ3) is 4.65. The number of aromatic nitrogens is 2. The minimum absolute atomic E-state index is 0.0701. The van der Waals surface area contributed by atoms with Crippen LogP contribution in [0.25, 0.3) is 0 Å². The van der Waals surface area contributed by atoms with Crippen molar-refractivity contribution in [1.82, 2.24) is 15.1 Å². The molecule has 1 aliphatic rings. The molecule has 4 rings (SSSR count). The van der Waals surface area contributed by atoms with Gasteiger partial charge in [0.25, 0.3) is 15.9 Å². The lowest BCUT2D eigenvalue weighted by atomic mass is 10.1. The van der Waals surface area contributed by atoms with Gasteiger partial charge in [-0.15, -0.1) is 0 Å². The molecular weight excluding hydrogens is 388 g/mol. The number of carbonyl (C=O) groups is 1. The molecule has 1 amide bonds. The van der Waals surface area contributed by atoms with Crippen LogP contribution in [0.4, 0.5) is 5.69 Å². The fraction of sp³-hybridized carbons (Fsp3) is 0.238. The fourth-order valence-corrected chi connectivity index (χ4v) is 3.99. The minimum Gasteiger partial charge on any atom is -0.349 e. The van der Waals surface area contributed by atoms with Crippen molar-refractivity contribution in [1.29, 1.82) is 0 Å². The second-order valence-electron chi connectivity index (χ2n) is 7.24. The molecule has 1 heterocycles. The molecule has 0 aliphatic heterocycles.